The summed E-state index contributed by atoms with van der Waals surface area (Å²) in [5.74, 6) is 6.12. The number of nitrogens with one attached hydrogen (secondary N) is 2. The van der Waals surface area contributed by atoms with Crippen LogP contribution in [0.25, 0.3) is 0 Å². The Labute approximate surface area is 123 Å². The van der Waals surface area contributed by atoms with Crippen molar-refractivity contribution in [3.8, 4) is 11.8 Å². The van der Waals surface area contributed by atoms with Gasteiger partial charge in [0.05, 0.1) is 6.61 Å². The highest BCUT2D eigenvalue weighted by Gasteiger charge is 2.03. The Bertz CT molecular complexity index is 660. The molecule has 1 aromatic heterocycles. The van der Waals surface area contributed by atoms with E-state index in [-0.39, 0.29) is 12.6 Å². The van der Waals surface area contributed by atoms with Crippen molar-refractivity contribution >= 4 is 17.5 Å². The molecular formula is C16H15N3O2. The van der Waals surface area contributed by atoms with E-state index in [1.165, 1.54) is 0 Å². The molecule has 0 radical (unpaired) electrons. The maximum absolute atomic E-state index is 11.8. The summed E-state index contributed by atoms with van der Waals surface area (Å²) in [4.78, 5) is 15.9. The van der Waals surface area contributed by atoms with Crippen molar-refractivity contribution in [2.75, 3.05) is 17.2 Å². The fraction of sp³-hybridized carbons (Fsp3) is 0.125. The van der Waals surface area contributed by atoms with Crippen molar-refractivity contribution < 1.29 is 9.90 Å². The van der Waals surface area contributed by atoms with Crippen LogP contribution < -0.4 is 10.6 Å². The lowest BCUT2D eigenvalue weighted by Gasteiger charge is -2.06. The molecule has 2 aromatic rings. The molecule has 0 atom stereocenters. The Morgan fingerprint density at radius 2 is 2.00 bits per heavy atom. The second-order valence-corrected chi connectivity index (χ2v) is 4.15. The van der Waals surface area contributed by atoms with Crippen LogP contribution in [-0.4, -0.2) is 22.7 Å². The first kappa shape index (κ1) is 14.6. The quantitative estimate of drug-likeness (QED) is 0.757. The number of para-hydroxylation sites is 1. The summed E-state index contributed by atoms with van der Waals surface area (Å²) in [5, 5.41) is 14.0. The Morgan fingerprint density at radius 1 is 1.19 bits per heavy atom. The average molecular weight is 281 g/mol. The van der Waals surface area contributed by atoms with Gasteiger partial charge in [-0.05, 0) is 24.3 Å². The van der Waals surface area contributed by atoms with Gasteiger partial charge in [0.2, 0.25) is 0 Å². The molecule has 0 spiro atoms. The minimum Gasteiger partial charge on any atom is -0.395 e. The van der Waals surface area contributed by atoms with Crippen LogP contribution in [0.2, 0.25) is 0 Å². The average Bonchev–Trinajstić information content (AvgIpc) is 2.49. The maximum atomic E-state index is 11.8. The second-order valence-electron chi connectivity index (χ2n) is 4.15. The highest BCUT2D eigenvalue weighted by atomic mass is 16.2. The number of pyridine rings is 1. The van der Waals surface area contributed by atoms with Gasteiger partial charge in [0.15, 0.2) is 0 Å². The molecular weight excluding hydrogens is 266 g/mol. The van der Waals surface area contributed by atoms with Crippen LogP contribution in [0, 0.1) is 11.8 Å². The molecule has 0 unspecified atom stereocenters. The van der Waals surface area contributed by atoms with Gasteiger partial charge in [0.25, 0.3) is 0 Å². The molecule has 2 rings (SSSR count). The van der Waals surface area contributed by atoms with Crippen molar-refractivity contribution in [3.05, 3.63) is 54.2 Å². The lowest BCUT2D eigenvalue weighted by atomic mass is 10.2. The predicted octanol–water partition coefficient (Wildman–Crippen LogP) is 2.46. The van der Waals surface area contributed by atoms with Crippen LogP contribution in [0.5, 0.6) is 0 Å². The summed E-state index contributed by atoms with van der Waals surface area (Å²) in [6.07, 6.45) is 1.99. The smallest absolute Gasteiger partial charge is 0.324 e. The molecule has 2 amide bonds. The van der Waals surface area contributed by atoms with Gasteiger partial charge in [-0.2, -0.15) is 0 Å². The molecule has 0 bridgehead atoms. The van der Waals surface area contributed by atoms with Crippen molar-refractivity contribution in [2.45, 2.75) is 6.42 Å². The van der Waals surface area contributed by atoms with Crippen molar-refractivity contribution in [1.29, 1.82) is 0 Å². The van der Waals surface area contributed by atoms with Crippen LogP contribution in [0.3, 0.4) is 0 Å². The number of amides is 2. The van der Waals surface area contributed by atoms with Crippen molar-refractivity contribution in [2.24, 2.45) is 0 Å². The first-order valence-electron chi connectivity index (χ1n) is 6.47. The van der Waals surface area contributed by atoms with Crippen LogP contribution in [0.4, 0.5) is 16.3 Å². The van der Waals surface area contributed by atoms with Crippen LogP contribution >= 0.6 is 0 Å². The van der Waals surface area contributed by atoms with Crippen LogP contribution in [0.1, 0.15) is 12.0 Å². The third kappa shape index (κ3) is 4.97. The van der Waals surface area contributed by atoms with E-state index in [0.717, 1.165) is 5.56 Å². The van der Waals surface area contributed by atoms with E-state index in [1.54, 1.807) is 30.5 Å². The summed E-state index contributed by atoms with van der Waals surface area (Å²) in [6, 6.07) is 12.2. The zero-order valence-corrected chi connectivity index (χ0v) is 11.3. The number of aliphatic hydroxyl groups excluding tert-OH is 1. The van der Waals surface area contributed by atoms with Gasteiger partial charge >= 0.3 is 6.03 Å². The molecule has 0 aliphatic heterocycles. The fourth-order valence-corrected chi connectivity index (χ4v) is 1.60. The number of carbonyl (C=O) groups is 1. The number of carbonyl (C=O) groups excluding carboxylic acids is 1. The zero-order valence-electron chi connectivity index (χ0n) is 11.3. The Balaban J connectivity index is 1.98. The highest BCUT2D eigenvalue weighted by Crippen LogP contribution is 2.08. The lowest BCUT2D eigenvalue weighted by Crippen LogP contribution is -2.20. The normalized spacial score (nSPS) is 9.38. The zero-order chi connectivity index (χ0) is 14.9. The monoisotopic (exact) mass is 281 g/mol. The third-order valence-corrected chi connectivity index (χ3v) is 2.50. The largest absolute Gasteiger partial charge is 0.395 e. The molecule has 106 valence electrons. The molecule has 0 fully saturated rings. The Morgan fingerprint density at radius 3 is 2.76 bits per heavy atom. The molecule has 0 saturated carbocycles. The maximum Gasteiger partial charge on any atom is 0.324 e. The predicted molar refractivity (Wildman–Crippen MR) is 81.9 cm³/mol. The van der Waals surface area contributed by atoms with Crippen molar-refractivity contribution in [1.82, 2.24) is 4.98 Å². The van der Waals surface area contributed by atoms with E-state index < -0.39 is 0 Å². The van der Waals surface area contributed by atoms with E-state index in [1.807, 2.05) is 18.2 Å². The minimum absolute atomic E-state index is 0.0304. The molecule has 5 heteroatoms. The van der Waals surface area contributed by atoms with E-state index in [9.17, 15) is 4.79 Å². The first-order valence-corrected chi connectivity index (χ1v) is 6.47. The summed E-state index contributed by atoms with van der Waals surface area (Å²) in [6.45, 7) is 0.0304. The number of urea groups is 1. The summed E-state index contributed by atoms with van der Waals surface area (Å²) < 4.78 is 0. The molecule has 1 heterocycles. The highest BCUT2D eigenvalue weighted by molar-refractivity contribution is 5.99. The SMILES string of the molecule is O=C(Nc1ccccc1)Nc1cc(C#CCCO)ccn1. The molecule has 0 aliphatic rings. The van der Waals surface area contributed by atoms with Gasteiger partial charge in [-0.15, -0.1) is 0 Å². The topological polar surface area (TPSA) is 74.2 Å². The van der Waals surface area contributed by atoms with Gasteiger partial charge in [-0.1, -0.05) is 30.0 Å². The van der Waals surface area contributed by atoms with Gasteiger partial charge < -0.3 is 10.4 Å². The van der Waals surface area contributed by atoms with E-state index in [4.69, 9.17) is 5.11 Å². The lowest BCUT2D eigenvalue weighted by molar-refractivity contribution is 0.262. The summed E-state index contributed by atoms with van der Waals surface area (Å²) in [5.41, 5.74) is 1.43. The van der Waals surface area contributed by atoms with E-state index in [2.05, 4.69) is 27.5 Å². The standard InChI is InChI=1S/C16H15N3O2/c20-11-5-4-6-13-9-10-17-15(12-13)19-16(21)18-14-7-2-1-3-8-14/h1-3,7-10,12,20H,5,11H2,(H2,17,18,19,21). The number of nitrogens with zero attached hydrogens (tertiary/aromatic N) is 1. The summed E-state index contributed by atoms with van der Waals surface area (Å²) >= 11 is 0. The second kappa shape index (κ2) is 7.68. The minimum atomic E-state index is -0.367. The van der Waals surface area contributed by atoms with E-state index in [0.29, 0.717) is 17.9 Å². The number of hydrogen-bond donors (Lipinski definition) is 3. The Hall–Kier alpha value is -2.84. The number of aliphatic hydroxyl groups is 1. The van der Waals surface area contributed by atoms with Gasteiger partial charge in [-0.3, -0.25) is 5.32 Å². The molecule has 21 heavy (non-hydrogen) atoms. The van der Waals surface area contributed by atoms with Gasteiger partial charge in [0.1, 0.15) is 5.82 Å². The molecule has 5 nitrogen and oxygen atoms in total. The molecule has 0 saturated heterocycles. The number of hydrogen-bond acceptors (Lipinski definition) is 3. The number of aromatic nitrogens is 1. The van der Waals surface area contributed by atoms with Crippen molar-refractivity contribution in [3.63, 3.8) is 0 Å². The van der Waals surface area contributed by atoms with Crippen LogP contribution in [-0.2, 0) is 0 Å². The first-order chi connectivity index (χ1) is 10.3. The van der Waals surface area contributed by atoms with Crippen LogP contribution in [0.15, 0.2) is 48.7 Å². The number of benzene rings is 1. The van der Waals surface area contributed by atoms with Gasteiger partial charge in [0, 0.05) is 23.9 Å². The van der Waals surface area contributed by atoms with Gasteiger partial charge in [-0.25, -0.2) is 9.78 Å². The number of anilines is 2. The molecule has 1 aromatic carbocycles. The molecule has 0 aliphatic carbocycles. The number of rotatable bonds is 3. The Kier molecular flexibility index (Phi) is 5.33. The fourth-order valence-electron chi connectivity index (χ4n) is 1.60. The third-order valence-electron chi connectivity index (χ3n) is 2.50. The molecule has 3 N–H and O–H groups in total. The summed E-state index contributed by atoms with van der Waals surface area (Å²) in [7, 11) is 0. The van der Waals surface area contributed by atoms with E-state index >= 15 is 0 Å².